The van der Waals surface area contributed by atoms with Crippen LogP contribution in [0.4, 0.5) is 0 Å². The SMILES string of the molecule is C=C(C)C(=O)OCC1(COc2ccc(-c3ccc(OC(=O)C(=C)C)cc3)cc2)COC(C)(C)OC1. The number of benzene rings is 2. The Hall–Kier alpha value is -3.42. The first-order valence-electron chi connectivity index (χ1n) is 11.3. The third-order valence-electron chi connectivity index (χ3n) is 5.46. The van der Waals surface area contributed by atoms with E-state index in [0.717, 1.165) is 11.1 Å². The minimum Gasteiger partial charge on any atom is -0.493 e. The zero-order valence-electron chi connectivity index (χ0n) is 20.7. The van der Waals surface area contributed by atoms with Crippen molar-refractivity contribution in [1.82, 2.24) is 0 Å². The van der Waals surface area contributed by atoms with Gasteiger partial charge in [0.2, 0.25) is 0 Å². The van der Waals surface area contributed by atoms with Crippen LogP contribution < -0.4 is 9.47 Å². The predicted octanol–water partition coefficient (Wildman–Crippen LogP) is 5.10. The highest BCUT2D eigenvalue weighted by molar-refractivity contribution is 5.88. The molecule has 0 saturated carbocycles. The molecule has 0 spiro atoms. The lowest BCUT2D eigenvalue weighted by atomic mass is 9.91. The number of hydrogen-bond acceptors (Lipinski definition) is 7. The summed E-state index contributed by atoms with van der Waals surface area (Å²) in [5.74, 6) is -0.500. The monoisotopic (exact) mass is 480 g/mol. The van der Waals surface area contributed by atoms with Crippen molar-refractivity contribution in [1.29, 1.82) is 0 Å². The lowest BCUT2D eigenvalue weighted by Crippen LogP contribution is -2.52. The lowest BCUT2D eigenvalue weighted by molar-refractivity contribution is -0.294. The molecule has 1 aliphatic rings. The molecule has 7 nitrogen and oxygen atoms in total. The Morgan fingerprint density at radius 1 is 0.800 bits per heavy atom. The molecule has 0 amide bonds. The maximum absolute atomic E-state index is 11.9. The Morgan fingerprint density at radius 3 is 1.77 bits per heavy atom. The molecular formula is C28H32O7. The second kappa shape index (κ2) is 10.9. The number of ether oxygens (including phenoxy) is 5. The van der Waals surface area contributed by atoms with Gasteiger partial charge in [-0.3, -0.25) is 0 Å². The zero-order valence-corrected chi connectivity index (χ0v) is 20.7. The molecule has 0 aromatic heterocycles. The van der Waals surface area contributed by atoms with Crippen molar-refractivity contribution >= 4 is 11.9 Å². The second-order valence-corrected chi connectivity index (χ2v) is 9.34. The smallest absolute Gasteiger partial charge is 0.338 e. The van der Waals surface area contributed by atoms with Crippen molar-refractivity contribution in [3.05, 3.63) is 72.8 Å². The van der Waals surface area contributed by atoms with Gasteiger partial charge in [0.25, 0.3) is 0 Å². The summed E-state index contributed by atoms with van der Waals surface area (Å²) < 4.78 is 28.4. The predicted molar refractivity (Wildman–Crippen MR) is 132 cm³/mol. The summed E-state index contributed by atoms with van der Waals surface area (Å²) in [6.07, 6.45) is 0. The van der Waals surface area contributed by atoms with Gasteiger partial charge in [-0.25, -0.2) is 9.59 Å². The van der Waals surface area contributed by atoms with Gasteiger partial charge in [-0.05, 0) is 63.1 Å². The Morgan fingerprint density at radius 2 is 1.29 bits per heavy atom. The Kier molecular flexibility index (Phi) is 8.14. The molecule has 0 bridgehead atoms. The van der Waals surface area contributed by atoms with Gasteiger partial charge >= 0.3 is 11.9 Å². The van der Waals surface area contributed by atoms with E-state index in [1.807, 2.05) is 50.2 Å². The van der Waals surface area contributed by atoms with Crippen LogP contribution in [0.15, 0.2) is 72.8 Å². The standard InChI is InChI=1S/C28H32O7/c1-19(2)25(29)32-16-28(17-33-27(5,6)34-18-28)15-31-23-11-7-21(8-12-23)22-9-13-24(14-10-22)35-26(30)20(3)4/h7-14H,1,3,15-18H2,2,4-6H3. The van der Waals surface area contributed by atoms with Gasteiger partial charge in [0.1, 0.15) is 24.7 Å². The van der Waals surface area contributed by atoms with Crippen LogP contribution in [0.5, 0.6) is 11.5 Å². The van der Waals surface area contributed by atoms with E-state index in [-0.39, 0.29) is 13.2 Å². The molecule has 1 saturated heterocycles. The average Bonchev–Trinajstić information content (AvgIpc) is 2.83. The van der Waals surface area contributed by atoms with Crippen molar-refractivity contribution < 1.29 is 33.3 Å². The third kappa shape index (κ3) is 7.28. The van der Waals surface area contributed by atoms with E-state index in [0.29, 0.717) is 35.9 Å². The van der Waals surface area contributed by atoms with E-state index in [9.17, 15) is 9.59 Å². The first-order valence-corrected chi connectivity index (χ1v) is 11.3. The number of carbonyl (C=O) groups excluding carboxylic acids is 2. The number of hydrogen-bond donors (Lipinski definition) is 0. The Balaban J connectivity index is 1.64. The molecule has 1 heterocycles. The van der Waals surface area contributed by atoms with Crippen LogP contribution in [0.2, 0.25) is 0 Å². The fraction of sp³-hybridized carbons (Fsp3) is 0.357. The van der Waals surface area contributed by atoms with E-state index in [4.69, 9.17) is 23.7 Å². The van der Waals surface area contributed by atoms with Crippen molar-refractivity contribution in [3.63, 3.8) is 0 Å². The summed E-state index contributed by atoms with van der Waals surface area (Å²) in [5.41, 5.74) is 1.97. The van der Waals surface area contributed by atoms with Crippen LogP contribution in [0.25, 0.3) is 11.1 Å². The zero-order chi connectivity index (χ0) is 25.6. The van der Waals surface area contributed by atoms with E-state index >= 15 is 0 Å². The van der Waals surface area contributed by atoms with E-state index in [2.05, 4.69) is 13.2 Å². The molecule has 186 valence electrons. The van der Waals surface area contributed by atoms with Gasteiger partial charge < -0.3 is 23.7 Å². The van der Waals surface area contributed by atoms with Crippen LogP contribution in [0, 0.1) is 5.41 Å². The van der Waals surface area contributed by atoms with Gasteiger partial charge in [-0.1, -0.05) is 37.4 Å². The van der Waals surface area contributed by atoms with Gasteiger partial charge in [0.05, 0.1) is 18.6 Å². The quantitative estimate of drug-likeness (QED) is 0.281. The molecule has 0 radical (unpaired) electrons. The number of esters is 2. The average molecular weight is 481 g/mol. The van der Waals surface area contributed by atoms with Crippen LogP contribution in [-0.2, 0) is 23.8 Å². The highest BCUT2D eigenvalue weighted by atomic mass is 16.7. The summed E-state index contributed by atoms with van der Waals surface area (Å²) in [6.45, 7) is 15.1. The molecule has 0 unspecified atom stereocenters. The van der Waals surface area contributed by atoms with Gasteiger partial charge in [-0.15, -0.1) is 0 Å². The molecular weight excluding hydrogens is 448 g/mol. The molecule has 0 N–H and O–H groups in total. The van der Waals surface area contributed by atoms with Crippen LogP contribution in [-0.4, -0.2) is 44.2 Å². The van der Waals surface area contributed by atoms with Crippen molar-refractivity contribution in [2.24, 2.45) is 5.41 Å². The summed E-state index contributed by atoms with van der Waals surface area (Å²) >= 11 is 0. The van der Waals surface area contributed by atoms with Crippen molar-refractivity contribution in [3.8, 4) is 22.6 Å². The van der Waals surface area contributed by atoms with Crippen LogP contribution in [0.3, 0.4) is 0 Å². The van der Waals surface area contributed by atoms with E-state index < -0.39 is 23.1 Å². The van der Waals surface area contributed by atoms with Crippen molar-refractivity contribution in [2.45, 2.75) is 33.5 Å². The Labute approximate surface area is 206 Å². The van der Waals surface area contributed by atoms with Gasteiger partial charge in [0.15, 0.2) is 5.79 Å². The van der Waals surface area contributed by atoms with E-state index in [1.165, 1.54) is 0 Å². The second-order valence-electron chi connectivity index (χ2n) is 9.34. The molecule has 2 aromatic rings. The maximum Gasteiger partial charge on any atom is 0.338 e. The highest BCUT2D eigenvalue weighted by Gasteiger charge is 2.42. The van der Waals surface area contributed by atoms with Crippen molar-refractivity contribution in [2.75, 3.05) is 26.4 Å². The third-order valence-corrected chi connectivity index (χ3v) is 5.46. The first-order chi connectivity index (χ1) is 16.5. The molecule has 1 fully saturated rings. The summed E-state index contributed by atoms with van der Waals surface area (Å²) in [4.78, 5) is 23.6. The van der Waals surface area contributed by atoms with E-state index in [1.54, 1.807) is 26.0 Å². The molecule has 3 rings (SSSR count). The topological polar surface area (TPSA) is 80.3 Å². The molecule has 35 heavy (non-hydrogen) atoms. The fourth-order valence-corrected chi connectivity index (χ4v) is 3.18. The molecule has 0 aliphatic carbocycles. The highest BCUT2D eigenvalue weighted by Crippen LogP contribution is 2.32. The van der Waals surface area contributed by atoms with Crippen LogP contribution >= 0.6 is 0 Å². The van der Waals surface area contributed by atoms with Crippen LogP contribution in [0.1, 0.15) is 27.7 Å². The first kappa shape index (κ1) is 26.2. The summed E-state index contributed by atoms with van der Waals surface area (Å²) in [5, 5.41) is 0. The molecule has 1 aliphatic heterocycles. The minimum absolute atomic E-state index is 0.0924. The maximum atomic E-state index is 11.9. The van der Waals surface area contributed by atoms with Gasteiger partial charge in [-0.2, -0.15) is 0 Å². The number of carbonyl (C=O) groups is 2. The summed E-state index contributed by atoms with van der Waals surface area (Å²) in [7, 11) is 0. The lowest BCUT2D eigenvalue weighted by Gasteiger charge is -2.42. The fourth-order valence-electron chi connectivity index (χ4n) is 3.18. The summed E-state index contributed by atoms with van der Waals surface area (Å²) in [6, 6.07) is 14.8. The number of rotatable bonds is 9. The Bertz CT molecular complexity index is 1070. The largest absolute Gasteiger partial charge is 0.493 e. The normalized spacial score (nSPS) is 16.1. The molecule has 7 heteroatoms. The van der Waals surface area contributed by atoms with Gasteiger partial charge in [0, 0.05) is 11.1 Å². The minimum atomic E-state index is -0.706. The molecule has 2 aromatic carbocycles. The molecule has 0 atom stereocenters.